The van der Waals surface area contributed by atoms with Gasteiger partial charge in [-0.2, -0.15) is 10.6 Å². The summed E-state index contributed by atoms with van der Waals surface area (Å²) in [5.74, 6) is -0.521. The van der Waals surface area contributed by atoms with Gasteiger partial charge in [0.15, 0.2) is 5.65 Å². The van der Waals surface area contributed by atoms with Crippen LogP contribution in [0.1, 0.15) is 29.9 Å². The summed E-state index contributed by atoms with van der Waals surface area (Å²) in [6, 6.07) is 1.79. The zero-order chi connectivity index (χ0) is 14.0. The number of nitrogens with one attached hydrogen (secondary N) is 1. The monoisotopic (exact) mass is 263 g/mol. The van der Waals surface area contributed by atoms with Gasteiger partial charge >= 0.3 is 0 Å². The lowest BCUT2D eigenvalue weighted by Gasteiger charge is -2.15. The van der Waals surface area contributed by atoms with Crippen molar-refractivity contribution in [3.05, 3.63) is 29.2 Å². The molecule has 19 heavy (non-hydrogen) atoms. The summed E-state index contributed by atoms with van der Waals surface area (Å²) in [7, 11) is 0. The number of primary amides is 1. The minimum atomic E-state index is -0.521. The molecule has 2 aromatic rings. The lowest BCUT2D eigenvalue weighted by Crippen LogP contribution is -2.27. The van der Waals surface area contributed by atoms with Crippen LogP contribution in [0.4, 0.5) is 0 Å². The molecule has 2 aromatic heterocycles. The van der Waals surface area contributed by atoms with Gasteiger partial charge in [-0.1, -0.05) is 0 Å². The first kappa shape index (κ1) is 13.4. The normalized spacial score (nSPS) is 12.8. The van der Waals surface area contributed by atoms with Crippen molar-refractivity contribution in [2.75, 3.05) is 6.61 Å². The molecule has 7 nitrogen and oxygen atoms in total. The van der Waals surface area contributed by atoms with Crippen LogP contribution in [0.2, 0.25) is 0 Å². The Hall–Kier alpha value is -1.99. The first-order valence-electron chi connectivity index (χ1n) is 5.96. The summed E-state index contributed by atoms with van der Waals surface area (Å²) in [5.41, 5.74) is 11.4. The third-order valence-electron chi connectivity index (χ3n) is 2.83. The van der Waals surface area contributed by atoms with Crippen molar-refractivity contribution >= 4 is 11.6 Å². The van der Waals surface area contributed by atoms with Crippen LogP contribution in [0.25, 0.3) is 5.65 Å². The van der Waals surface area contributed by atoms with Crippen molar-refractivity contribution in [1.82, 2.24) is 20.1 Å². The first-order valence-corrected chi connectivity index (χ1v) is 5.96. The fourth-order valence-electron chi connectivity index (χ4n) is 1.90. The molecule has 0 aliphatic heterocycles. The number of fused-ring (bicyclic) bond motifs is 1. The van der Waals surface area contributed by atoms with E-state index in [0.29, 0.717) is 0 Å². The Morgan fingerprint density at radius 2 is 2.32 bits per heavy atom. The largest absolute Gasteiger partial charge is 0.368 e. The fourth-order valence-corrected chi connectivity index (χ4v) is 1.90. The number of nitrogens with zero attached hydrogens (tertiary/aromatic N) is 3. The number of amides is 1. The predicted molar refractivity (Wildman–Crippen MR) is 69.2 cm³/mol. The van der Waals surface area contributed by atoms with Crippen LogP contribution in [0.15, 0.2) is 12.3 Å². The summed E-state index contributed by atoms with van der Waals surface area (Å²) >= 11 is 0. The zero-order valence-electron chi connectivity index (χ0n) is 11.2. The van der Waals surface area contributed by atoms with Crippen molar-refractivity contribution in [3.63, 3.8) is 0 Å². The highest BCUT2D eigenvalue weighted by molar-refractivity contribution is 5.74. The number of nitrogens with two attached hydrogens (primary N) is 1. The number of hydrogen-bond donors (Lipinski definition) is 2. The Kier molecular flexibility index (Phi) is 3.77. The van der Waals surface area contributed by atoms with Gasteiger partial charge in [-0.05, 0) is 20.8 Å². The molecule has 0 bridgehead atoms. The first-order chi connectivity index (χ1) is 8.99. The Morgan fingerprint density at radius 3 is 3.00 bits per heavy atom. The summed E-state index contributed by atoms with van der Waals surface area (Å²) in [6.45, 7) is 5.63. The van der Waals surface area contributed by atoms with Gasteiger partial charge in [0.1, 0.15) is 6.61 Å². The van der Waals surface area contributed by atoms with Gasteiger partial charge < -0.3 is 5.73 Å². The average Bonchev–Trinajstić information content (AvgIpc) is 2.70. The van der Waals surface area contributed by atoms with E-state index >= 15 is 0 Å². The van der Waals surface area contributed by atoms with E-state index in [-0.39, 0.29) is 12.6 Å². The van der Waals surface area contributed by atoms with E-state index in [4.69, 9.17) is 10.6 Å². The zero-order valence-corrected chi connectivity index (χ0v) is 11.2. The second-order valence-electron chi connectivity index (χ2n) is 4.45. The maximum Gasteiger partial charge on any atom is 0.245 e. The molecule has 0 aliphatic rings. The van der Waals surface area contributed by atoms with Gasteiger partial charge in [-0.3, -0.25) is 9.63 Å². The molecule has 1 amide bonds. The van der Waals surface area contributed by atoms with E-state index in [0.717, 1.165) is 22.6 Å². The van der Waals surface area contributed by atoms with Crippen molar-refractivity contribution in [3.8, 4) is 0 Å². The summed E-state index contributed by atoms with van der Waals surface area (Å²) in [4.78, 5) is 19.9. The number of aryl methyl sites for hydroxylation is 2. The molecule has 3 N–H and O–H groups in total. The van der Waals surface area contributed by atoms with Crippen LogP contribution >= 0.6 is 0 Å². The van der Waals surface area contributed by atoms with Crippen molar-refractivity contribution in [2.45, 2.75) is 26.8 Å². The Morgan fingerprint density at radius 1 is 1.58 bits per heavy atom. The maximum atomic E-state index is 10.6. The number of carbonyl (C=O) groups is 1. The number of aromatic nitrogens is 3. The molecule has 102 valence electrons. The molecule has 2 heterocycles. The molecule has 0 saturated heterocycles. The molecule has 0 radical (unpaired) electrons. The standard InChI is InChI=1S/C12H17N5O2/c1-7-4-12-14-5-10(9(3)17(12)15-7)8(2)16-19-6-11(13)18/h4-5,8,16H,6H2,1-3H3,(H2,13,18). The summed E-state index contributed by atoms with van der Waals surface area (Å²) in [5, 5.41) is 4.38. The molecule has 0 spiro atoms. The van der Waals surface area contributed by atoms with E-state index < -0.39 is 5.91 Å². The van der Waals surface area contributed by atoms with Gasteiger partial charge in [-0.15, -0.1) is 0 Å². The van der Waals surface area contributed by atoms with E-state index in [9.17, 15) is 4.79 Å². The molecular weight excluding hydrogens is 246 g/mol. The topological polar surface area (TPSA) is 94.5 Å². The molecule has 0 saturated carbocycles. The van der Waals surface area contributed by atoms with Crippen molar-refractivity contribution < 1.29 is 9.63 Å². The van der Waals surface area contributed by atoms with Gasteiger partial charge in [0, 0.05) is 23.5 Å². The fraction of sp³-hybridized carbons (Fsp3) is 0.417. The second kappa shape index (κ2) is 5.33. The van der Waals surface area contributed by atoms with Gasteiger partial charge in [0.25, 0.3) is 0 Å². The Bertz CT molecular complexity index is 607. The third-order valence-corrected chi connectivity index (χ3v) is 2.83. The highest BCUT2D eigenvalue weighted by Crippen LogP contribution is 2.17. The van der Waals surface area contributed by atoms with Crippen molar-refractivity contribution in [1.29, 1.82) is 0 Å². The third kappa shape index (κ3) is 2.88. The molecule has 7 heteroatoms. The van der Waals surface area contributed by atoms with Crippen LogP contribution in [-0.4, -0.2) is 27.1 Å². The summed E-state index contributed by atoms with van der Waals surface area (Å²) < 4.78 is 1.79. The number of rotatable bonds is 5. The molecular formula is C12H17N5O2. The van der Waals surface area contributed by atoms with Crippen LogP contribution in [0.3, 0.4) is 0 Å². The number of hydroxylamine groups is 1. The van der Waals surface area contributed by atoms with Gasteiger partial charge in [0.2, 0.25) is 5.91 Å². The highest BCUT2D eigenvalue weighted by atomic mass is 16.6. The Balaban J connectivity index is 2.19. The van der Waals surface area contributed by atoms with Gasteiger partial charge in [0.05, 0.1) is 11.7 Å². The predicted octanol–water partition coefficient (Wildman–Crippen LogP) is 0.414. The van der Waals surface area contributed by atoms with Crippen LogP contribution < -0.4 is 11.2 Å². The average molecular weight is 263 g/mol. The van der Waals surface area contributed by atoms with E-state index in [1.54, 1.807) is 10.7 Å². The minimum Gasteiger partial charge on any atom is -0.368 e. The molecule has 1 atom stereocenters. The number of hydrogen-bond acceptors (Lipinski definition) is 5. The lowest BCUT2D eigenvalue weighted by atomic mass is 10.1. The van der Waals surface area contributed by atoms with Crippen molar-refractivity contribution in [2.24, 2.45) is 5.73 Å². The van der Waals surface area contributed by atoms with Crippen LogP contribution in [0, 0.1) is 13.8 Å². The van der Waals surface area contributed by atoms with E-state index in [2.05, 4.69) is 15.6 Å². The van der Waals surface area contributed by atoms with Crippen LogP contribution in [0.5, 0.6) is 0 Å². The van der Waals surface area contributed by atoms with Gasteiger partial charge in [-0.25, -0.2) is 9.50 Å². The molecule has 0 fully saturated rings. The van der Waals surface area contributed by atoms with Crippen LogP contribution in [-0.2, 0) is 9.63 Å². The molecule has 0 aliphatic carbocycles. The minimum absolute atomic E-state index is 0.124. The molecule has 1 unspecified atom stereocenters. The summed E-state index contributed by atoms with van der Waals surface area (Å²) in [6.07, 6.45) is 1.77. The highest BCUT2D eigenvalue weighted by Gasteiger charge is 2.13. The SMILES string of the molecule is Cc1cc2ncc(C(C)NOCC(N)=O)c(C)n2n1. The quantitative estimate of drug-likeness (QED) is 0.762. The Labute approximate surface area is 110 Å². The molecule has 2 rings (SSSR count). The molecule has 0 aromatic carbocycles. The second-order valence-corrected chi connectivity index (χ2v) is 4.45. The smallest absolute Gasteiger partial charge is 0.245 e. The lowest BCUT2D eigenvalue weighted by molar-refractivity contribution is -0.126. The maximum absolute atomic E-state index is 10.6. The number of carbonyl (C=O) groups excluding carboxylic acids is 1. The van der Waals surface area contributed by atoms with E-state index in [1.807, 2.05) is 26.8 Å². The van der Waals surface area contributed by atoms with E-state index in [1.165, 1.54) is 0 Å².